The second-order valence-electron chi connectivity index (χ2n) is 5.89. The summed E-state index contributed by atoms with van der Waals surface area (Å²) in [6.07, 6.45) is 4.76. The monoisotopic (exact) mass is 344 g/mol. The molecule has 0 bridgehead atoms. The van der Waals surface area contributed by atoms with Gasteiger partial charge < -0.3 is 4.74 Å². The second-order valence-corrected chi connectivity index (χ2v) is 8.71. The number of carbonyl (C=O) groups excluding carboxylic acids is 1. The molecule has 6 nitrogen and oxygen atoms in total. The number of rotatable bonds is 6. The molecule has 2 saturated carbocycles. The Balaban J connectivity index is 1.73. The minimum absolute atomic E-state index is 0.259. The number of esters is 1. The number of carbonyl (C=O) groups is 1. The van der Waals surface area contributed by atoms with Gasteiger partial charge in [0.2, 0.25) is 10.0 Å². The van der Waals surface area contributed by atoms with Gasteiger partial charge in [0.15, 0.2) is 5.13 Å². The Morgan fingerprint density at radius 1 is 1.45 bits per heavy atom. The van der Waals surface area contributed by atoms with Crippen LogP contribution in [-0.4, -0.2) is 31.2 Å². The molecule has 122 valence electrons. The second kappa shape index (κ2) is 5.81. The van der Waals surface area contributed by atoms with E-state index in [1.807, 2.05) is 0 Å². The van der Waals surface area contributed by atoms with Crippen molar-refractivity contribution in [2.24, 2.45) is 0 Å². The molecule has 8 heteroatoms. The maximum atomic E-state index is 12.3. The quantitative estimate of drug-likeness (QED) is 0.801. The zero-order valence-corrected chi connectivity index (χ0v) is 14.1. The Morgan fingerprint density at radius 2 is 2.14 bits per heavy atom. The first-order valence-electron chi connectivity index (χ1n) is 7.63. The highest BCUT2D eigenvalue weighted by atomic mass is 32.2. The fourth-order valence-electron chi connectivity index (χ4n) is 2.90. The normalized spacial score (nSPS) is 20.8. The molecule has 1 heterocycles. The molecule has 0 saturated heterocycles. The molecule has 0 amide bonds. The average Bonchev–Trinajstić information content (AvgIpc) is 2.90. The van der Waals surface area contributed by atoms with Crippen LogP contribution in [-0.2, 0) is 25.0 Å². The number of hydrogen-bond acceptors (Lipinski definition) is 6. The molecule has 0 atom stereocenters. The first kappa shape index (κ1) is 15.7. The Kier molecular flexibility index (Phi) is 4.15. The number of nitrogens with zero attached hydrogens (tertiary/aromatic N) is 1. The molecule has 22 heavy (non-hydrogen) atoms. The lowest BCUT2D eigenvalue weighted by atomic mass is 10.0. The van der Waals surface area contributed by atoms with E-state index in [0.29, 0.717) is 43.1 Å². The minimum atomic E-state index is -3.37. The molecule has 0 radical (unpaired) electrons. The minimum Gasteiger partial charge on any atom is -0.465 e. The van der Waals surface area contributed by atoms with E-state index < -0.39 is 15.4 Å². The van der Waals surface area contributed by atoms with Crippen LogP contribution in [0.25, 0.3) is 0 Å². The van der Waals surface area contributed by atoms with Crippen molar-refractivity contribution in [3.63, 3.8) is 0 Å². The Labute approximate surface area is 134 Å². The molecular weight excluding hydrogens is 324 g/mol. The molecule has 2 fully saturated rings. The number of sulfonamides is 1. The first-order chi connectivity index (χ1) is 10.5. The standard InChI is InChI=1S/C14H20N2O4S2/c1-2-20-12(17)14(7-8-14)11-9-21-13(15-11)16-22(18,19)10-5-3-4-6-10/h9-10H,2-8H2,1H3,(H,15,16). The number of thiazole rings is 1. The van der Waals surface area contributed by atoms with Crippen molar-refractivity contribution >= 4 is 32.5 Å². The van der Waals surface area contributed by atoms with Gasteiger partial charge in [0.25, 0.3) is 0 Å². The summed E-state index contributed by atoms with van der Waals surface area (Å²) in [5.41, 5.74) is -0.0242. The van der Waals surface area contributed by atoms with Crippen LogP contribution in [0.15, 0.2) is 5.38 Å². The molecule has 1 aromatic heterocycles. The topological polar surface area (TPSA) is 85.4 Å². The number of hydrogen-bond donors (Lipinski definition) is 1. The number of nitrogens with one attached hydrogen (secondary N) is 1. The molecular formula is C14H20N2O4S2. The summed E-state index contributed by atoms with van der Waals surface area (Å²) in [6, 6.07) is 0. The van der Waals surface area contributed by atoms with E-state index in [4.69, 9.17) is 4.74 Å². The zero-order valence-electron chi connectivity index (χ0n) is 12.5. The van der Waals surface area contributed by atoms with Crippen molar-refractivity contribution in [1.29, 1.82) is 0 Å². The van der Waals surface area contributed by atoms with Gasteiger partial charge in [-0.05, 0) is 32.6 Å². The predicted molar refractivity (Wildman–Crippen MR) is 84.5 cm³/mol. The molecule has 1 N–H and O–H groups in total. The van der Waals surface area contributed by atoms with Crippen LogP contribution in [0.4, 0.5) is 5.13 Å². The highest BCUT2D eigenvalue weighted by Crippen LogP contribution is 2.49. The number of ether oxygens (including phenoxy) is 1. The zero-order chi connectivity index (χ0) is 15.8. The number of aromatic nitrogens is 1. The van der Waals surface area contributed by atoms with E-state index in [1.54, 1.807) is 12.3 Å². The highest BCUT2D eigenvalue weighted by molar-refractivity contribution is 7.93. The Hall–Kier alpha value is -1.15. The van der Waals surface area contributed by atoms with Crippen molar-refractivity contribution < 1.29 is 17.9 Å². The van der Waals surface area contributed by atoms with Crippen molar-refractivity contribution in [3.05, 3.63) is 11.1 Å². The van der Waals surface area contributed by atoms with E-state index in [1.165, 1.54) is 11.3 Å². The van der Waals surface area contributed by atoms with Crippen LogP contribution in [0.3, 0.4) is 0 Å². The Bertz CT molecular complexity index is 658. The lowest BCUT2D eigenvalue weighted by Gasteiger charge is -2.12. The SMILES string of the molecule is CCOC(=O)C1(c2csc(NS(=O)(=O)C3CCCC3)n2)CC1. The summed E-state index contributed by atoms with van der Waals surface area (Å²) in [4.78, 5) is 16.4. The smallest absolute Gasteiger partial charge is 0.318 e. The fourth-order valence-corrected chi connectivity index (χ4v) is 5.51. The molecule has 2 aliphatic carbocycles. The third-order valence-electron chi connectivity index (χ3n) is 4.38. The third-order valence-corrected chi connectivity index (χ3v) is 7.10. The highest BCUT2D eigenvalue weighted by Gasteiger charge is 2.54. The third kappa shape index (κ3) is 2.86. The molecule has 1 aromatic rings. The lowest BCUT2D eigenvalue weighted by Crippen LogP contribution is -2.26. The fraction of sp³-hybridized carbons (Fsp3) is 0.714. The van der Waals surface area contributed by atoms with Gasteiger partial charge in [-0.1, -0.05) is 12.8 Å². The van der Waals surface area contributed by atoms with Crippen molar-refractivity contribution in [2.75, 3.05) is 11.3 Å². The van der Waals surface area contributed by atoms with Gasteiger partial charge in [0, 0.05) is 5.38 Å². The molecule has 3 rings (SSSR count). The first-order valence-corrected chi connectivity index (χ1v) is 10.1. The maximum Gasteiger partial charge on any atom is 0.318 e. The van der Waals surface area contributed by atoms with Gasteiger partial charge >= 0.3 is 5.97 Å². The number of anilines is 1. The van der Waals surface area contributed by atoms with Crippen molar-refractivity contribution in [1.82, 2.24) is 4.98 Å². The van der Waals surface area contributed by atoms with Gasteiger partial charge in [-0.15, -0.1) is 11.3 Å². The van der Waals surface area contributed by atoms with Crippen molar-refractivity contribution in [3.8, 4) is 0 Å². The van der Waals surface area contributed by atoms with E-state index in [9.17, 15) is 13.2 Å². The van der Waals surface area contributed by atoms with Crippen LogP contribution in [0, 0.1) is 0 Å². The Morgan fingerprint density at radius 3 is 2.73 bits per heavy atom. The van der Waals surface area contributed by atoms with Crippen LogP contribution >= 0.6 is 11.3 Å². The van der Waals surface area contributed by atoms with E-state index >= 15 is 0 Å². The molecule has 2 aliphatic rings. The molecule has 0 spiro atoms. The summed E-state index contributed by atoms with van der Waals surface area (Å²) < 4.78 is 32.2. The molecule has 0 aliphatic heterocycles. The van der Waals surface area contributed by atoms with Crippen LogP contribution in [0.1, 0.15) is 51.1 Å². The van der Waals surface area contributed by atoms with Gasteiger partial charge in [0.05, 0.1) is 17.6 Å². The summed E-state index contributed by atoms with van der Waals surface area (Å²) in [5, 5.41) is 1.79. The lowest BCUT2D eigenvalue weighted by molar-refractivity contribution is -0.146. The van der Waals surface area contributed by atoms with Crippen LogP contribution < -0.4 is 4.72 Å². The van der Waals surface area contributed by atoms with Gasteiger partial charge in [-0.25, -0.2) is 13.4 Å². The molecule has 0 unspecified atom stereocenters. The van der Waals surface area contributed by atoms with Crippen LogP contribution in [0.2, 0.25) is 0 Å². The summed E-state index contributed by atoms with van der Waals surface area (Å²) in [6.45, 7) is 2.11. The predicted octanol–water partition coefficient (Wildman–Crippen LogP) is 2.42. The van der Waals surface area contributed by atoms with Crippen molar-refractivity contribution in [2.45, 2.75) is 56.1 Å². The maximum absolute atomic E-state index is 12.3. The molecule has 0 aromatic carbocycles. The summed E-state index contributed by atoms with van der Waals surface area (Å²) >= 11 is 1.23. The summed E-state index contributed by atoms with van der Waals surface area (Å²) in [5.74, 6) is -0.259. The summed E-state index contributed by atoms with van der Waals surface area (Å²) in [7, 11) is -3.37. The van der Waals surface area contributed by atoms with E-state index in [0.717, 1.165) is 12.8 Å². The average molecular weight is 344 g/mol. The van der Waals surface area contributed by atoms with Crippen LogP contribution in [0.5, 0.6) is 0 Å². The largest absolute Gasteiger partial charge is 0.465 e. The van der Waals surface area contributed by atoms with E-state index in [-0.39, 0.29) is 11.2 Å². The van der Waals surface area contributed by atoms with Gasteiger partial charge in [0.1, 0.15) is 5.41 Å². The van der Waals surface area contributed by atoms with E-state index in [2.05, 4.69) is 9.71 Å². The van der Waals surface area contributed by atoms with Gasteiger partial charge in [-0.3, -0.25) is 9.52 Å². The van der Waals surface area contributed by atoms with Gasteiger partial charge in [-0.2, -0.15) is 0 Å².